The largest absolute Gasteiger partial charge is 0.454 e. The van der Waals surface area contributed by atoms with Gasteiger partial charge in [0.2, 0.25) is 0 Å². The lowest BCUT2D eigenvalue weighted by Gasteiger charge is -2.03. The zero-order valence-corrected chi connectivity index (χ0v) is 11.0. The van der Waals surface area contributed by atoms with Crippen molar-refractivity contribution in [1.29, 1.82) is 0 Å². The standard InChI is InChI=1S/C17H12N2O/c1-11-12(6-4-8-18-11)15-9-14-13-5-2-3-7-16(13)20-17(14)10-19-15/h2-10H,1H3. The molecule has 0 fully saturated rings. The predicted molar refractivity (Wildman–Crippen MR) is 79.5 cm³/mol. The van der Waals surface area contributed by atoms with Crippen LogP contribution in [0.2, 0.25) is 0 Å². The van der Waals surface area contributed by atoms with E-state index in [0.29, 0.717) is 0 Å². The third-order valence-electron chi connectivity index (χ3n) is 3.55. The summed E-state index contributed by atoms with van der Waals surface area (Å²) in [7, 11) is 0. The van der Waals surface area contributed by atoms with Gasteiger partial charge in [0.15, 0.2) is 5.58 Å². The van der Waals surface area contributed by atoms with Crippen molar-refractivity contribution in [2.24, 2.45) is 0 Å². The Balaban J connectivity index is 2.03. The van der Waals surface area contributed by atoms with Gasteiger partial charge in [-0.1, -0.05) is 18.2 Å². The second-order valence-corrected chi connectivity index (χ2v) is 4.80. The quantitative estimate of drug-likeness (QED) is 0.510. The van der Waals surface area contributed by atoms with E-state index >= 15 is 0 Å². The van der Waals surface area contributed by atoms with Crippen LogP contribution in [-0.4, -0.2) is 9.97 Å². The first-order chi connectivity index (χ1) is 9.83. The highest BCUT2D eigenvalue weighted by Crippen LogP contribution is 2.31. The number of hydrogen-bond acceptors (Lipinski definition) is 3. The maximum Gasteiger partial charge on any atom is 0.153 e. The Kier molecular flexibility index (Phi) is 2.33. The minimum absolute atomic E-state index is 0.816. The fourth-order valence-electron chi connectivity index (χ4n) is 2.53. The lowest BCUT2D eigenvalue weighted by molar-refractivity contribution is 0.667. The van der Waals surface area contributed by atoms with Gasteiger partial charge >= 0.3 is 0 Å². The average Bonchev–Trinajstić information content (AvgIpc) is 2.85. The molecular weight excluding hydrogens is 248 g/mol. The molecule has 3 nitrogen and oxygen atoms in total. The molecule has 0 N–H and O–H groups in total. The Hall–Kier alpha value is -2.68. The monoisotopic (exact) mass is 260 g/mol. The molecule has 0 aliphatic rings. The number of nitrogens with zero attached hydrogens (tertiary/aromatic N) is 2. The molecular formula is C17H12N2O. The van der Waals surface area contributed by atoms with Gasteiger partial charge in [-0.05, 0) is 31.2 Å². The van der Waals surface area contributed by atoms with Crippen molar-refractivity contribution < 1.29 is 4.42 Å². The van der Waals surface area contributed by atoms with Crippen LogP contribution in [0, 0.1) is 6.92 Å². The molecule has 0 unspecified atom stereocenters. The number of para-hydroxylation sites is 1. The molecule has 3 aromatic heterocycles. The van der Waals surface area contributed by atoms with Gasteiger partial charge in [-0.2, -0.15) is 0 Å². The molecule has 20 heavy (non-hydrogen) atoms. The molecule has 0 spiro atoms. The summed E-state index contributed by atoms with van der Waals surface area (Å²) in [6.07, 6.45) is 3.59. The summed E-state index contributed by atoms with van der Waals surface area (Å²) in [5.41, 5.74) is 4.67. The topological polar surface area (TPSA) is 38.9 Å². The van der Waals surface area contributed by atoms with Gasteiger partial charge in [0.25, 0.3) is 0 Å². The first-order valence-electron chi connectivity index (χ1n) is 6.52. The van der Waals surface area contributed by atoms with Crippen LogP contribution < -0.4 is 0 Å². The third kappa shape index (κ3) is 1.60. The van der Waals surface area contributed by atoms with E-state index in [9.17, 15) is 0 Å². The summed E-state index contributed by atoms with van der Waals surface area (Å²) in [4.78, 5) is 8.82. The second-order valence-electron chi connectivity index (χ2n) is 4.80. The van der Waals surface area contributed by atoms with Crippen LogP contribution in [0.1, 0.15) is 5.69 Å². The van der Waals surface area contributed by atoms with Crippen LogP contribution in [0.5, 0.6) is 0 Å². The Labute approximate surface area is 115 Å². The summed E-state index contributed by atoms with van der Waals surface area (Å²) in [5.74, 6) is 0. The normalized spacial score (nSPS) is 11.2. The van der Waals surface area contributed by atoms with Gasteiger partial charge in [0, 0.05) is 28.2 Å². The Morgan fingerprint density at radius 2 is 1.80 bits per heavy atom. The lowest BCUT2D eigenvalue weighted by Crippen LogP contribution is -1.88. The van der Waals surface area contributed by atoms with Crippen molar-refractivity contribution in [3.63, 3.8) is 0 Å². The molecule has 0 bridgehead atoms. The molecule has 4 rings (SSSR count). The van der Waals surface area contributed by atoms with Gasteiger partial charge in [-0.15, -0.1) is 0 Å². The number of fused-ring (bicyclic) bond motifs is 3. The van der Waals surface area contributed by atoms with Crippen molar-refractivity contribution in [3.8, 4) is 11.3 Å². The van der Waals surface area contributed by atoms with E-state index in [0.717, 1.165) is 38.9 Å². The van der Waals surface area contributed by atoms with Crippen molar-refractivity contribution in [2.45, 2.75) is 6.92 Å². The maximum atomic E-state index is 5.80. The fraction of sp³-hybridized carbons (Fsp3) is 0.0588. The van der Waals surface area contributed by atoms with Crippen LogP contribution in [0.3, 0.4) is 0 Å². The van der Waals surface area contributed by atoms with Gasteiger partial charge in [-0.3, -0.25) is 9.97 Å². The number of hydrogen-bond donors (Lipinski definition) is 0. The highest BCUT2D eigenvalue weighted by molar-refractivity contribution is 6.05. The predicted octanol–water partition coefficient (Wildman–Crippen LogP) is 4.35. The molecule has 0 atom stereocenters. The van der Waals surface area contributed by atoms with Crippen LogP contribution in [0.15, 0.2) is 59.3 Å². The average molecular weight is 260 g/mol. The van der Waals surface area contributed by atoms with Crippen molar-refractivity contribution in [3.05, 3.63) is 60.6 Å². The minimum Gasteiger partial charge on any atom is -0.454 e. The van der Waals surface area contributed by atoms with Gasteiger partial charge < -0.3 is 4.42 Å². The molecule has 0 saturated heterocycles. The summed E-state index contributed by atoms with van der Waals surface area (Å²) < 4.78 is 5.80. The molecule has 3 heterocycles. The molecule has 96 valence electrons. The number of benzene rings is 1. The van der Waals surface area contributed by atoms with Gasteiger partial charge in [-0.25, -0.2) is 0 Å². The van der Waals surface area contributed by atoms with E-state index in [1.807, 2.05) is 37.3 Å². The van der Waals surface area contributed by atoms with Crippen molar-refractivity contribution in [2.75, 3.05) is 0 Å². The fourth-order valence-corrected chi connectivity index (χ4v) is 2.53. The summed E-state index contributed by atoms with van der Waals surface area (Å²) >= 11 is 0. The van der Waals surface area contributed by atoms with Gasteiger partial charge in [0.05, 0.1) is 11.9 Å². The molecule has 0 saturated carbocycles. The SMILES string of the molecule is Cc1ncccc1-c1cc2c(cn1)oc1ccccc12. The maximum absolute atomic E-state index is 5.80. The van der Waals surface area contributed by atoms with Crippen LogP contribution >= 0.6 is 0 Å². The summed E-state index contributed by atoms with van der Waals surface area (Å²) in [6.45, 7) is 1.99. The zero-order chi connectivity index (χ0) is 13.5. The number of furan rings is 1. The molecule has 1 aromatic carbocycles. The van der Waals surface area contributed by atoms with Crippen molar-refractivity contribution >= 4 is 21.9 Å². The Morgan fingerprint density at radius 1 is 0.900 bits per heavy atom. The first kappa shape index (κ1) is 11.2. The first-order valence-corrected chi connectivity index (χ1v) is 6.52. The molecule has 0 aliphatic carbocycles. The molecule has 4 aromatic rings. The van der Waals surface area contributed by atoms with E-state index in [4.69, 9.17) is 4.42 Å². The van der Waals surface area contributed by atoms with Crippen molar-refractivity contribution in [1.82, 2.24) is 9.97 Å². The summed E-state index contributed by atoms with van der Waals surface area (Å²) in [5, 5.41) is 2.21. The van der Waals surface area contributed by atoms with E-state index < -0.39 is 0 Å². The molecule has 0 radical (unpaired) electrons. The number of rotatable bonds is 1. The van der Waals surface area contributed by atoms with E-state index in [2.05, 4.69) is 22.1 Å². The molecule has 3 heteroatoms. The van der Waals surface area contributed by atoms with E-state index in [-0.39, 0.29) is 0 Å². The smallest absolute Gasteiger partial charge is 0.153 e. The highest BCUT2D eigenvalue weighted by Gasteiger charge is 2.10. The zero-order valence-electron chi connectivity index (χ0n) is 11.0. The van der Waals surface area contributed by atoms with Crippen LogP contribution in [-0.2, 0) is 0 Å². The second kappa shape index (κ2) is 4.17. The van der Waals surface area contributed by atoms with Crippen LogP contribution in [0.25, 0.3) is 33.2 Å². The Bertz CT molecular complexity index is 924. The highest BCUT2D eigenvalue weighted by atomic mass is 16.3. The summed E-state index contributed by atoms with van der Waals surface area (Å²) in [6, 6.07) is 14.1. The van der Waals surface area contributed by atoms with E-state index in [1.165, 1.54) is 0 Å². The molecule has 0 amide bonds. The van der Waals surface area contributed by atoms with Gasteiger partial charge in [0.1, 0.15) is 5.58 Å². The molecule has 0 aliphatic heterocycles. The lowest BCUT2D eigenvalue weighted by atomic mass is 10.1. The number of pyridine rings is 2. The number of aryl methyl sites for hydroxylation is 1. The number of aromatic nitrogens is 2. The minimum atomic E-state index is 0.816. The van der Waals surface area contributed by atoms with E-state index in [1.54, 1.807) is 12.4 Å². The third-order valence-corrected chi connectivity index (χ3v) is 3.55. The van der Waals surface area contributed by atoms with Crippen LogP contribution in [0.4, 0.5) is 0 Å². The Morgan fingerprint density at radius 3 is 2.70 bits per heavy atom.